The van der Waals surface area contributed by atoms with Gasteiger partial charge in [-0.3, -0.25) is 10.00 Å². The van der Waals surface area contributed by atoms with E-state index in [0.29, 0.717) is 0 Å². The van der Waals surface area contributed by atoms with Crippen LogP contribution < -0.4 is 4.74 Å². The van der Waals surface area contributed by atoms with E-state index < -0.39 is 0 Å². The van der Waals surface area contributed by atoms with Crippen molar-refractivity contribution >= 4 is 10.8 Å². The molecule has 4 aromatic rings. The van der Waals surface area contributed by atoms with E-state index in [0.717, 1.165) is 52.6 Å². The van der Waals surface area contributed by atoms with Crippen LogP contribution in [-0.2, 0) is 13.1 Å². The Morgan fingerprint density at radius 1 is 1.04 bits per heavy atom. The molecular weight excluding hydrogens is 338 g/mol. The normalized spacial score (nSPS) is 11.4. The molecule has 0 spiro atoms. The number of nitrogens with one attached hydrogen (secondary N) is 2. The van der Waals surface area contributed by atoms with Gasteiger partial charge in [-0.25, -0.2) is 4.98 Å². The number of aromatic amines is 2. The SMILES string of the molecule is COc1ccc2cc(-c3[nH]ncc3CN(C)Cc3ncc(C)[nH]3)ccc2c1. The minimum Gasteiger partial charge on any atom is -0.497 e. The van der Waals surface area contributed by atoms with E-state index in [4.69, 9.17) is 4.74 Å². The summed E-state index contributed by atoms with van der Waals surface area (Å²) < 4.78 is 5.31. The van der Waals surface area contributed by atoms with Gasteiger partial charge in [-0.2, -0.15) is 5.10 Å². The van der Waals surface area contributed by atoms with Gasteiger partial charge in [0.05, 0.1) is 25.5 Å². The fourth-order valence-corrected chi connectivity index (χ4v) is 3.34. The zero-order valence-electron chi connectivity index (χ0n) is 15.8. The summed E-state index contributed by atoms with van der Waals surface area (Å²) in [5.41, 5.74) is 4.42. The highest BCUT2D eigenvalue weighted by atomic mass is 16.5. The molecule has 6 nitrogen and oxygen atoms in total. The van der Waals surface area contributed by atoms with Gasteiger partial charge < -0.3 is 9.72 Å². The smallest absolute Gasteiger partial charge is 0.120 e. The van der Waals surface area contributed by atoms with Crippen LogP contribution in [0.2, 0.25) is 0 Å². The van der Waals surface area contributed by atoms with Gasteiger partial charge in [0.1, 0.15) is 11.6 Å². The molecule has 0 aliphatic carbocycles. The molecule has 6 heteroatoms. The van der Waals surface area contributed by atoms with Gasteiger partial charge in [0.2, 0.25) is 0 Å². The van der Waals surface area contributed by atoms with E-state index >= 15 is 0 Å². The van der Waals surface area contributed by atoms with Crippen molar-refractivity contribution < 1.29 is 4.74 Å². The molecule has 0 fully saturated rings. The molecule has 27 heavy (non-hydrogen) atoms. The van der Waals surface area contributed by atoms with Crippen LogP contribution >= 0.6 is 0 Å². The minimum absolute atomic E-state index is 0.760. The summed E-state index contributed by atoms with van der Waals surface area (Å²) in [5.74, 6) is 1.84. The van der Waals surface area contributed by atoms with E-state index in [1.807, 2.05) is 31.5 Å². The van der Waals surface area contributed by atoms with Crippen molar-refractivity contribution in [1.29, 1.82) is 0 Å². The van der Waals surface area contributed by atoms with E-state index in [1.165, 1.54) is 5.39 Å². The first-order chi connectivity index (χ1) is 13.1. The third-order valence-electron chi connectivity index (χ3n) is 4.67. The number of aryl methyl sites for hydroxylation is 1. The van der Waals surface area contributed by atoms with Crippen LogP contribution in [0, 0.1) is 6.92 Å². The maximum atomic E-state index is 5.31. The second kappa shape index (κ2) is 7.25. The molecule has 0 saturated carbocycles. The van der Waals surface area contributed by atoms with Gasteiger partial charge in [-0.05, 0) is 42.9 Å². The van der Waals surface area contributed by atoms with E-state index in [9.17, 15) is 0 Å². The molecule has 0 aliphatic rings. The summed E-state index contributed by atoms with van der Waals surface area (Å²) in [7, 11) is 3.77. The Balaban J connectivity index is 1.56. The van der Waals surface area contributed by atoms with Gasteiger partial charge in [0, 0.05) is 29.6 Å². The molecule has 0 aliphatic heterocycles. The van der Waals surface area contributed by atoms with E-state index in [-0.39, 0.29) is 0 Å². The van der Waals surface area contributed by atoms with Crippen molar-refractivity contribution in [2.24, 2.45) is 0 Å². The Morgan fingerprint density at radius 2 is 1.85 bits per heavy atom. The van der Waals surface area contributed by atoms with Gasteiger partial charge in [-0.1, -0.05) is 18.2 Å². The minimum atomic E-state index is 0.760. The number of imidazole rings is 1. The molecular formula is C21H23N5O. The highest BCUT2D eigenvalue weighted by Gasteiger charge is 2.12. The Bertz CT molecular complexity index is 1070. The molecule has 0 unspecified atom stereocenters. The lowest BCUT2D eigenvalue weighted by atomic mass is 10.0. The number of rotatable bonds is 6. The Labute approximate surface area is 158 Å². The van der Waals surface area contributed by atoms with Crippen molar-refractivity contribution in [1.82, 2.24) is 25.1 Å². The van der Waals surface area contributed by atoms with E-state index in [2.05, 4.69) is 56.4 Å². The predicted octanol–water partition coefficient (Wildman–Crippen LogP) is 3.90. The molecule has 0 radical (unpaired) electrons. The van der Waals surface area contributed by atoms with Gasteiger partial charge >= 0.3 is 0 Å². The fraction of sp³-hybridized carbons (Fsp3) is 0.238. The summed E-state index contributed by atoms with van der Waals surface area (Å²) >= 11 is 0. The maximum absolute atomic E-state index is 5.31. The number of fused-ring (bicyclic) bond motifs is 1. The molecule has 2 heterocycles. The zero-order valence-corrected chi connectivity index (χ0v) is 15.8. The van der Waals surface area contributed by atoms with Crippen LogP contribution in [0.3, 0.4) is 0 Å². The highest BCUT2D eigenvalue weighted by molar-refractivity contribution is 5.88. The number of hydrogen-bond donors (Lipinski definition) is 2. The average Bonchev–Trinajstić information content (AvgIpc) is 3.29. The van der Waals surface area contributed by atoms with Crippen LogP contribution in [0.5, 0.6) is 5.75 Å². The van der Waals surface area contributed by atoms with Crippen LogP contribution in [0.1, 0.15) is 17.1 Å². The summed E-state index contributed by atoms with van der Waals surface area (Å²) in [6.07, 6.45) is 3.76. The summed E-state index contributed by atoms with van der Waals surface area (Å²) in [6, 6.07) is 12.5. The molecule has 138 valence electrons. The van der Waals surface area contributed by atoms with Crippen LogP contribution in [0.15, 0.2) is 48.8 Å². The average molecular weight is 361 g/mol. The van der Waals surface area contributed by atoms with Gasteiger partial charge in [0.15, 0.2) is 0 Å². The number of aromatic nitrogens is 4. The van der Waals surface area contributed by atoms with Crippen LogP contribution in [0.4, 0.5) is 0 Å². The number of ether oxygens (including phenoxy) is 1. The molecule has 0 saturated heterocycles. The Kier molecular flexibility index (Phi) is 4.64. The second-order valence-corrected chi connectivity index (χ2v) is 6.88. The second-order valence-electron chi connectivity index (χ2n) is 6.88. The molecule has 2 aromatic heterocycles. The standard InChI is InChI=1S/C21H23N5O/c1-14-10-22-20(24-14)13-26(2)12-18-11-23-25-21(18)17-5-4-16-9-19(27-3)7-6-15(16)8-17/h4-11H,12-13H2,1-3H3,(H,22,24)(H,23,25). The molecule has 0 atom stereocenters. The van der Waals surface area contributed by atoms with Crippen molar-refractivity contribution in [3.05, 3.63) is 65.9 Å². The maximum Gasteiger partial charge on any atom is 0.120 e. The summed E-state index contributed by atoms with van der Waals surface area (Å²) in [5, 5.41) is 9.76. The molecule has 2 aromatic carbocycles. The van der Waals surface area contributed by atoms with Crippen LogP contribution in [-0.4, -0.2) is 39.2 Å². The first-order valence-corrected chi connectivity index (χ1v) is 8.92. The lowest BCUT2D eigenvalue weighted by molar-refractivity contribution is 0.312. The third-order valence-corrected chi connectivity index (χ3v) is 4.67. The Hall–Kier alpha value is -3.12. The van der Waals surface area contributed by atoms with Crippen LogP contribution in [0.25, 0.3) is 22.0 Å². The van der Waals surface area contributed by atoms with Crippen molar-refractivity contribution in [2.75, 3.05) is 14.2 Å². The first-order valence-electron chi connectivity index (χ1n) is 8.92. The van der Waals surface area contributed by atoms with Crippen molar-refractivity contribution in [2.45, 2.75) is 20.0 Å². The molecule has 0 amide bonds. The lowest BCUT2D eigenvalue weighted by Crippen LogP contribution is -2.18. The topological polar surface area (TPSA) is 69.8 Å². The number of methoxy groups -OCH3 is 1. The number of benzene rings is 2. The fourth-order valence-electron chi connectivity index (χ4n) is 3.34. The Morgan fingerprint density at radius 3 is 2.63 bits per heavy atom. The number of nitrogens with zero attached hydrogens (tertiary/aromatic N) is 3. The number of hydrogen-bond acceptors (Lipinski definition) is 4. The summed E-state index contributed by atoms with van der Waals surface area (Å²) in [4.78, 5) is 9.88. The highest BCUT2D eigenvalue weighted by Crippen LogP contribution is 2.28. The monoisotopic (exact) mass is 361 g/mol. The van der Waals surface area contributed by atoms with Gasteiger partial charge in [-0.15, -0.1) is 0 Å². The lowest BCUT2D eigenvalue weighted by Gasteiger charge is -2.15. The molecule has 2 N–H and O–H groups in total. The summed E-state index contributed by atoms with van der Waals surface area (Å²) in [6.45, 7) is 3.56. The predicted molar refractivity (Wildman–Crippen MR) is 107 cm³/mol. The molecule has 0 bridgehead atoms. The molecule has 4 rings (SSSR count). The quantitative estimate of drug-likeness (QED) is 0.546. The van der Waals surface area contributed by atoms with Gasteiger partial charge in [0.25, 0.3) is 0 Å². The number of H-pyrrole nitrogens is 2. The first kappa shape index (κ1) is 17.3. The van der Waals surface area contributed by atoms with Crippen molar-refractivity contribution in [3.8, 4) is 17.0 Å². The zero-order chi connectivity index (χ0) is 18.8. The largest absolute Gasteiger partial charge is 0.497 e. The van der Waals surface area contributed by atoms with Crippen molar-refractivity contribution in [3.63, 3.8) is 0 Å². The van der Waals surface area contributed by atoms with E-state index in [1.54, 1.807) is 7.11 Å². The third kappa shape index (κ3) is 3.71.